The quantitative estimate of drug-likeness (QED) is 0.195. The predicted molar refractivity (Wildman–Crippen MR) is 119 cm³/mol. The summed E-state index contributed by atoms with van der Waals surface area (Å²) in [5, 5.41) is 0. The molecule has 0 aliphatic heterocycles. The summed E-state index contributed by atoms with van der Waals surface area (Å²) in [6, 6.07) is 14.3. The van der Waals surface area contributed by atoms with Crippen LogP contribution in [0.1, 0.15) is 31.2 Å². The van der Waals surface area contributed by atoms with Gasteiger partial charge in [0, 0.05) is 12.2 Å². The molecule has 164 valence electrons. The molecule has 0 N–H and O–H groups in total. The van der Waals surface area contributed by atoms with Gasteiger partial charge < -0.3 is 18.9 Å². The Hall–Kier alpha value is -3.54. The average molecular weight is 424 g/mol. The summed E-state index contributed by atoms with van der Waals surface area (Å²) in [6.45, 7) is 4.40. The fourth-order valence-electron chi connectivity index (χ4n) is 2.61. The van der Waals surface area contributed by atoms with Gasteiger partial charge in [-0.2, -0.15) is 0 Å². The van der Waals surface area contributed by atoms with E-state index in [-0.39, 0.29) is 5.97 Å². The minimum Gasteiger partial charge on any atom is -0.497 e. The van der Waals surface area contributed by atoms with Crippen molar-refractivity contribution in [3.63, 3.8) is 0 Å². The largest absolute Gasteiger partial charge is 0.497 e. The van der Waals surface area contributed by atoms with Gasteiger partial charge in [0.1, 0.15) is 17.2 Å². The third-order valence-corrected chi connectivity index (χ3v) is 4.29. The number of rotatable bonds is 13. The summed E-state index contributed by atoms with van der Waals surface area (Å²) in [4.78, 5) is 22.8. The molecule has 0 aliphatic rings. The Bertz CT molecular complexity index is 853. The first-order valence-electron chi connectivity index (χ1n) is 10.2. The van der Waals surface area contributed by atoms with Crippen molar-refractivity contribution in [2.24, 2.45) is 0 Å². The van der Waals surface area contributed by atoms with Gasteiger partial charge in [0.2, 0.25) is 0 Å². The molecule has 2 rings (SSSR count). The van der Waals surface area contributed by atoms with E-state index in [0.717, 1.165) is 37.0 Å². The molecule has 0 heterocycles. The Balaban J connectivity index is 1.63. The molecule has 0 amide bonds. The highest BCUT2D eigenvalue weighted by Gasteiger charge is 2.01. The number of benzene rings is 2. The summed E-state index contributed by atoms with van der Waals surface area (Å²) >= 11 is 0. The Labute approximate surface area is 183 Å². The number of methoxy groups -OCH3 is 1. The van der Waals surface area contributed by atoms with Crippen LogP contribution in [0.4, 0.5) is 0 Å². The van der Waals surface area contributed by atoms with E-state index in [1.54, 1.807) is 37.5 Å². The molecule has 0 aliphatic carbocycles. The summed E-state index contributed by atoms with van der Waals surface area (Å²) in [5.41, 5.74) is 0.869. The summed E-state index contributed by atoms with van der Waals surface area (Å²) < 4.78 is 21.0. The van der Waals surface area contributed by atoms with Crippen LogP contribution in [0.2, 0.25) is 0 Å². The van der Waals surface area contributed by atoms with Crippen molar-refractivity contribution in [1.82, 2.24) is 0 Å². The van der Waals surface area contributed by atoms with Gasteiger partial charge in [0.15, 0.2) is 0 Å². The van der Waals surface area contributed by atoms with Crippen molar-refractivity contribution < 1.29 is 28.5 Å². The summed E-state index contributed by atoms with van der Waals surface area (Å²) in [5.74, 6) is 1.10. The minimum atomic E-state index is -0.454. The molecule has 31 heavy (non-hydrogen) atoms. The molecular formula is C25H28O6. The predicted octanol–water partition coefficient (Wildman–Crippen LogP) is 4.98. The van der Waals surface area contributed by atoms with Crippen molar-refractivity contribution in [2.45, 2.75) is 25.7 Å². The highest BCUT2D eigenvalue weighted by atomic mass is 16.5. The second kappa shape index (κ2) is 13.6. The first-order valence-corrected chi connectivity index (χ1v) is 10.2. The van der Waals surface area contributed by atoms with E-state index in [2.05, 4.69) is 6.58 Å². The lowest BCUT2D eigenvalue weighted by molar-refractivity contribution is -0.137. The van der Waals surface area contributed by atoms with Crippen LogP contribution >= 0.6 is 0 Å². The standard InChI is InChI=1S/C25H28O6/c1-3-24(26)30-19-7-5-4-6-18-29-22-11-8-20(9-12-22)10-17-25(27)31-23-15-13-21(28-2)14-16-23/h3,8-17H,1,4-7,18-19H2,2H3. The highest BCUT2D eigenvalue weighted by molar-refractivity contribution is 5.88. The van der Waals surface area contributed by atoms with Gasteiger partial charge in [-0.05, 0) is 73.7 Å². The molecule has 0 fully saturated rings. The normalized spacial score (nSPS) is 10.5. The number of unbranched alkanes of at least 4 members (excludes halogenated alkanes) is 3. The van der Waals surface area contributed by atoms with Crippen LogP contribution in [0.25, 0.3) is 6.08 Å². The lowest BCUT2D eigenvalue weighted by Crippen LogP contribution is -2.03. The first-order chi connectivity index (χ1) is 15.1. The number of hydrogen-bond donors (Lipinski definition) is 0. The minimum absolute atomic E-state index is 0.379. The van der Waals surface area contributed by atoms with Gasteiger partial charge >= 0.3 is 11.9 Å². The van der Waals surface area contributed by atoms with E-state index < -0.39 is 5.97 Å². The zero-order chi connectivity index (χ0) is 22.3. The third-order valence-electron chi connectivity index (χ3n) is 4.29. The van der Waals surface area contributed by atoms with Crippen molar-refractivity contribution in [1.29, 1.82) is 0 Å². The van der Waals surface area contributed by atoms with E-state index in [1.807, 2.05) is 24.3 Å². The molecule has 0 radical (unpaired) electrons. The first kappa shape index (κ1) is 23.7. The second-order valence-corrected chi connectivity index (χ2v) is 6.63. The van der Waals surface area contributed by atoms with E-state index >= 15 is 0 Å². The Morgan fingerprint density at radius 3 is 2.06 bits per heavy atom. The number of ether oxygens (including phenoxy) is 4. The van der Waals surface area contributed by atoms with Crippen LogP contribution in [0.3, 0.4) is 0 Å². The molecule has 2 aromatic carbocycles. The third kappa shape index (κ3) is 9.67. The zero-order valence-electron chi connectivity index (χ0n) is 17.8. The molecule has 6 nitrogen and oxygen atoms in total. The SMILES string of the molecule is C=CC(=O)OCCCCCCOc1ccc(C=CC(=O)Oc2ccc(OC)cc2)cc1. The molecule has 0 bridgehead atoms. The van der Waals surface area contributed by atoms with E-state index in [1.165, 1.54) is 12.2 Å². The van der Waals surface area contributed by atoms with Gasteiger partial charge in [-0.3, -0.25) is 0 Å². The zero-order valence-corrected chi connectivity index (χ0v) is 17.8. The van der Waals surface area contributed by atoms with Gasteiger partial charge in [-0.15, -0.1) is 0 Å². The molecule has 0 unspecified atom stereocenters. The summed E-state index contributed by atoms with van der Waals surface area (Å²) in [7, 11) is 1.58. The maximum absolute atomic E-state index is 11.9. The Morgan fingerprint density at radius 1 is 0.806 bits per heavy atom. The molecule has 0 aromatic heterocycles. The van der Waals surface area contributed by atoms with Crippen molar-refractivity contribution in [2.75, 3.05) is 20.3 Å². The van der Waals surface area contributed by atoms with Crippen LogP contribution in [0.15, 0.2) is 67.3 Å². The Morgan fingerprint density at radius 2 is 1.42 bits per heavy atom. The van der Waals surface area contributed by atoms with Gasteiger partial charge in [0.25, 0.3) is 0 Å². The second-order valence-electron chi connectivity index (χ2n) is 6.63. The Kier molecular flexibility index (Phi) is 10.4. The van der Waals surface area contributed by atoms with Crippen molar-refractivity contribution in [3.8, 4) is 17.2 Å². The summed E-state index contributed by atoms with van der Waals surface area (Å²) in [6.07, 6.45) is 7.98. The van der Waals surface area contributed by atoms with Crippen LogP contribution in [0, 0.1) is 0 Å². The van der Waals surface area contributed by atoms with Gasteiger partial charge in [-0.25, -0.2) is 9.59 Å². The smallest absolute Gasteiger partial charge is 0.336 e. The lowest BCUT2D eigenvalue weighted by Gasteiger charge is -2.06. The number of esters is 2. The fraction of sp³-hybridized carbons (Fsp3) is 0.280. The van der Waals surface area contributed by atoms with Crippen LogP contribution in [0.5, 0.6) is 17.2 Å². The highest BCUT2D eigenvalue weighted by Crippen LogP contribution is 2.18. The lowest BCUT2D eigenvalue weighted by atomic mass is 10.2. The van der Waals surface area contributed by atoms with Crippen molar-refractivity contribution >= 4 is 18.0 Å². The van der Waals surface area contributed by atoms with E-state index in [9.17, 15) is 9.59 Å². The van der Waals surface area contributed by atoms with Crippen molar-refractivity contribution in [3.05, 3.63) is 72.8 Å². The number of carbonyl (C=O) groups excluding carboxylic acids is 2. The molecule has 0 spiro atoms. The number of hydrogen-bond acceptors (Lipinski definition) is 6. The maximum Gasteiger partial charge on any atom is 0.336 e. The van der Waals surface area contributed by atoms with Crippen LogP contribution in [-0.4, -0.2) is 32.3 Å². The molecule has 0 saturated heterocycles. The molecular weight excluding hydrogens is 396 g/mol. The molecule has 2 aromatic rings. The fourth-order valence-corrected chi connectivity index (χ4v) is 2.61. The van der Waals surface area contributed by atoms with Gasteiger partial charge in [0.05, 0.1) is 20.3 Å². The van der Waals surface area contributed by atoms with Crippen LogP contribution < -0.4 is 14.2 Å². The van der Waals surface area contributed by atoms with E-state index in [0.29, 0.717) is 24.7 Å². The molecule has 0 atom stereocenters. The average Bonchev–Trinajstić information content (AvgIpc) is 2.80. The van der Waals surface area contributed by atoms with Crippen LogP contribution in [-0.2, 0) is 14.3 Å². The van der Waals surface area contributed by atoms with Gasteiger partial charge in [-0.1, -0.05) is 18.7 Å². The maximum atomic E-state index is 11.9. The topological polar surface area (TPSA) is 71.1 Å². The molecule has 0 saturated carbocycles. The number of carbonyl (C=O) groups is 2. The molecule has 6 heteroatoms. The van der Waals surface area contributed by atoms with E-state index in [4.69, 9.17) is 18.9 Å². The monoisotopic (exact) mass is 424 g/mol.